The van der Waals surface area contributed by atoms with E-state index in [9.17, 15) is 13.2 Å². The van der Waals surface area contributed by atoms with Crippen molar-refractivity contribution in [2.45, 2.75) is 19.7 Å². The summed E-state index contributed by atoms with van der Waals surface area (Å²) in [5, 5.41) is 0. The molecule has 1 rings (SSSR count). The predicted molar refractivity (Wildman–Crippen MR) is 56.7 cm³/mol. The van der Waals surface area contributed by atoms with Gasteiger partial charge in [0.1, 0.15) is 5.75 Å². The molecule has 0 atom stereocenters. The molecule has 1 aromatic carbocycles. The van der Waals surface area contributed by atoms with Crippen molar-refractivity contribution in [3.8, 4) is 5.75 Å². The maximum Gasteiger partial charge on any atom is 0.573 e. The Morgan fingerprint density at radius 1 is 1.31 bits per heavy atom. The molecule has 0 aliphatic carbocycles. The van der Waals surface area contributed by atoms with Crippen molar-refractivity contribution in [3.05, 3.63) is 24.3 Å². The van der Waals surface area contributed by atoms with Crippen molar-refractivity contribution in [1.82, 2.24) is 0 Å². The van der Waals surface area contributed by atoms with Gasteiger partial charge in [0.05, 0.1) is 0 Å². The second-order valence-electron chi connectivity index (χ2n) is 3.47. The minimum absolute atomic E-state index is 0.187. The first-order chi connectivity index (χ1) is 7.42. The summed E-state index contributed by atoms with van der Waals surface area (Å²) in [6.45, 7) is 2.79. The minimum atomic E-state index is -4.64. The highest BCUT2D eigenvalue weighted by molar-refractivity contribution is 5.50. The summed E-state index contributed by atoms with van der Waals surface area (Å²) in [5.41, 5.74) is 0.712. The zero-order chi connectivity index (χ0) is 12.2. The molecule has 0 saturated heterocycles. The molecule has 16 heavy (non-hydrogen) atoms. The second-order valence-corrected chi connectivity index (χ2v) is 3.47. The van der Waals surface area contributed by atoms with E-state index in [1.807, 2.05) is 18.9 Å². The Morgan fingerprint density at radius 2 is 2.00 bits per heavy atom. The summed E-state index contributed by atoms with van der Waals surface area (Å²) in [4.78, 5) is 1.88. The molecular weight excluding hydrogens is 219 g/mol. The molecule has 0 unspecified atom stereocenters. The summed E-state index contributed by atoms with van der Waals surface area (Å²) in [6.07, 6.45) is -3.71. The van der Waals surface area contributed by atoms with Crippen LogP contribution in [-0.2, 0) is 0 Å². The number of halogens is 3. The summed E-state index contributed by atoms with van der Waals surface area (Å²) in [7, 11) is 1.83. The van der Waals surface area contributed by atoms with Gasteiger partial charge in [-0.25, -0.2) is 0 Å². The second kappa shape index (κ2) is 5.09. The number of benzene rings is 1. The average Bonchev–Trinajstić information content (AvgIpc) is 2.16. The van der Waals surface area contributed by atoms with Gasteiger partial charge in [-0.2, -0.15) is 0 Å². The Hall–Kier alpha value is -1.39. The van der Waals surface area contributed by atoms with E-state index in [-0.39, 0.29) is 5.75 Å². The predicted octanol–water partition coefficient (Wildman–Crippen LogP) is 3.43. The van der Waals surface area contributed by atoms with Gasteiger partial charge < -0.3 is 9.64 Å². The van der Waals surface area contributed by atoms with E-state index in [0.29, 0.717) is 5.69 Å². The molecule has 0 N–H and O–H groups in total. The molecule has 2 nitrogen and oxygen atoms in total. The van der Waals surface area contributed by atoms with Crippen molar-refractivity contribution in [1.29, 1.82) is 0 Å². The third-order valence-corrected chi connectivity index (χ3v) is 2.05. The van der Waals surface area contributed by atoms with Gasteiger partial charge >= 0.3 is 6.36 Å². The van der Waals surface area contributed by atoms with Crippen LogP contribution >= 0.6 is 0 Å². The number of anilines is 1. The Balaban J connectivity index is 2.78. The Bertz CT molecular complexity index is 338. The Kier molecular flexibility index (Phi) is 4.04. The van der Waals surface area contributed by atoms with E-state index < -0.39 is 6.36 Å². The fourth-order valence-corrected chi connectivity index (χ4v) is 1.38. The van der Waals surface area contributed by atoms with Crippen molar-refractivity contribution in [3.63, 3.8) is 0 Å². The molecule has 0 spiro atoms. The quantitative estimate of drug-likeness (QED) is 0.790. The average molecular weight is 233 g/mol. The van der Waals surface area contributed by atoms with Crippen LogP contribution in [0.4, 0.5) is 18.9 Å². The van der Waals surface area contributed by atoms with Crippen LogP contribution in [0.15, 0.2) is 24.3 Å². The van der Waals surface area contributed by atoms with E-state index in [1.165, 1.54) is 12.1 Å². The highest BCUT2D eigenvalue weighted by Crippen LogP contribution is 2.26. The first-order valence-electron chi connectivity index (χ1n) is 4.99. The van der Waals surface area contributed by atoms with Gasteiger partial charge in [0.2, 0.25) is 0 Å². The summed E-state index contributed by atoms with van der Waals surface area (Å²) in [6, 6.07) is 5.96. The number of hydrogen-bond acceptors (Lipinski definition) is 2. The lowest BCUT2D eigenvalue weighted by atomic mass is 10.2. The summed E-state index contributed by atoms with van der Waals surface area (Å²) in [5.74, 6) is -0.187. The summed E-state index contributed by atoms with van der Waals surface area (Å²) < 4.78 is 39.8. The molecule has 0 heterocycles. The highest BCUT2D eigenvalue weighted by atomic mass is 19.4. The van der Waals surface area contributed by atoms with Crippen LogP contribution in [-0.4, -0.2) is 20.0 Å². The van der Waals surface area contributed by atoms with Gasteiger partial charge in [-0.15, -0.1) is 13.2 Å². The molecule has 5 heteroatoms. The fourth-order valence-electron chi connectivity index (χ4n) is 1.38. The largest absolute Gasteiger partial charge is 0.573 e. The van der Waals surface area contributed by atoms with E-state index in [0.717, 1.165) is 13.0 Å². The van der Waals surface area contributed by atoms with Crippen LogP contribution in [0.25, 0.3) is 0 Å². The third kappa shape index (κ3) is 4.00. The van der Waals surface area contributed by atoms with E-state index >= 15 is 0 Å². The topological polar surface area (TPSA) is 12.5 Å². The van der Waals surface area contributed by atoms with Crippen LogP contribution < -0.4 is 9.64 Å². The van der Waals surface area contributed by atoms with Crippen LogP contribution in [0.2, 0.25) is 0 Å². The lowest BCUT2D eigenvalue weighted by Crippen LogP contribution is -2.19. The Morgan fingerprint density at radius 3 is 2.56 bits per heavy atom. The minimum Gasteiger partial charge on any atom is -0.406 e. The van der Waals surface area contributed by atoms with E-state index in [1.54, 1.807) is 12.1 Å². The molecule has 0 aliphatic rings. The normalized spacial score (nSPS) is 11.3. The molecule has 0 bridgehead atoms. The number of hydrogen-bond donors (Lipinski definition) is 0. The molecule has 0 saturated carbocycles. The van der Waals surface area contributed by atoms with E-state index in [4.69, 9.17) is 0 Å². The molecule has 0 aromatic heterocycles. The lowest BCUT2D eigenvalue weighted by molar-refractivity contribution is -0.274. The zero-order valence-electron chi connectivity index (χ0n) is 9.21. The van der Waals surface area contributed by atoms with Crippen LogP contribution in [0, 0.1) is 0 Å². The van der Waals surface area contributed by atoms with Crippen LogP contribution in [0.3, 0.4) is 0 Å². The SMILES string of the molecule is CCCN(C)c1cccc(OC(F)(F)F)c1. The van der Waals surface area contributed by atoms with Crippen molar-refractivity contribution in [2.75, 3.05) is 18.5 Å². The number of rotatable bonds is 4. The van der Waals surface area contributed by atoms with Gasteiger partial charge in [0, 0.05) is 25.3 Å². The Labute approximate surface area is 92.6 Å². The zero-order valence-corrected chi connectivity index (χ0v) is 9.21. The molecule has 0 aliphatic heterocycles. The molecule has 0 radical (unpaired) electrons. The van der Waals surface area contributed by atoms with Gasteiger partial charge in [-0.3, -0.25) is 0 Å². The highest BCUT2D eigenvalue weighted by Gasteiger charge is 2.31. The third-order valence-electron chi connectivity index (χ3n) is 2.05. The number of alkyl halides is 3. The smallest absolute Gasteiger partial charge is 0.406 e. The summed E-state index contributed by atoms with van der Waals surface area (Å²) >= 11 is 0. The molecular formula is C11H14F3NO. The first kappa shape index (κ1) is 12.7. The lowest BCUT2D eigenvalue weighted by Gasteiger charge is -2.19. The maximum absolute atomic E-state index is 12.0. The van der Waals surface area contributed by atoms with Crippen molar-refractivity contribution in [2.24, 2.45) is 0 Å². The fraction of sp³-hybridized carbons (Fsp3) is 0.455. The number of ether oxygens (including phenoxy) is 1. The monoisotopic (exact) mass is 233 g/mol. The molecule has 0 fully saturated rings. The molecule has 1 aromatic rings. The maximum atomic E-state index is 12.0. The van der Waals surface area contributed by atoms with Gasteiger partial charge in [0.15, 0.2) is 0 Å². The molecule has 90 valence electrons. The van der Waals surface area contributed by atoms with Crippen molar-refractivity contribution >= 4 is 5.69 Å². The van der Waals surface area contributed by atoms with Gasteiger partial charge in [-0.1, -0.05) is 13.0 Å². The van der Waals surface area contributed by atoms with Crippen LogP contribution in [0.5, 0.6) is 5.75 Å². The van der Waals surface area contributed by atoms with Crippen molar-refractivity contribution < 1.29 is 17.9 Å². The molecule has 0 amide bonds. The van der Waals surface area contributed by atoms with Gasteiger partial charge in [-0.05, 0) is 18.6 Å². The van der Waals surface area contributed by atoms with Gasteiger partial charge in [0.25, 0.3) is 0 Å². The first-order valence-corrected chi connectivity index (χ1v) is 4.99. The number of nitrogens with zero attached hydrogens (tertiary/aromatic N) is 1. The van der Waals surface area contributed by atoms with Crippen LogP contribution in [0.1, 0.15) is 13.3 Å². The standard InChI is InChI=1S/C11H14F3NO/c1-3-7-15(2)9-5-4-6-10(8-9)16-11(12,13)14/h4-6,8H,3,7H2,1-2H3. The van der Waals surface area contributed by atoms with E-state index in [2.05, 4.69) is 4.74 Å².